The van der Waals surface area contributed by atoms with Crippen LogP contribution >= 0.6 is 11.8 Å². The van der Waals surface area contributed by atoms with Gasteiger partial charge >= 0.3 is 0 Å². The Hall–Kier alpha value is -2.53. The molecule has 8 nitrogen and oxygen atoms in total. The fraction of sp³-hybridized carbons (Fsp3) is 0.250. The summed E-state index contributed by atoms with van der Waals surface area (Å²) in [7, 11) is -3.82. The Kier molecular flexibility index (Phi) is 5.74. The Morgan fingerprint density at radius 1 is 1.13 bits per heavy atom. The van der Waals surface area contributed by atoms with Gasteiger partial charge in [0.25, 0.3) is 5.69 Å². The summed E-state index contributed by atoms with van der Waals surface area (Å²) in [6, 6.07) is 13.6. The highest BCUT2D eigenvalue weighted by Gasteiger charge is 2.29. The number of para-hydroxylation sites is 1. The van der Waals surface area contributed by atoms with E-state index in [1.165, 1.54) is 16.4 Å². The molecule has 1 aliphatic heterocycles. The molecule has 0 N–H and O–H groups in total. The number of nitrogens with zero attached hydrogens (tertiary/aromatic N) is 3. The SMILES string of the molecule is Cc1cc(Sc2ccc(S(=O)(=O)N3CCOCC3)cc2[N+](=O)[O-])nc2ccccc12. The Morgan fingerprint density at radius 2 is 1.87 bits per heavy atom. The molecule has 1 aromatic heterocycles. The van der Waals surface area contributed by atoms with Gasteiger partial charge in [-0.05, 0) is 36.8 Å². The Bertz CT molecular complexity index is 1220. The van der Waals surface area contributed by atoms with Gasteiger partial charge in [-0.1, -0.05) is 30.0 Å². The van der Waals surface area contributed by atoms with E-state index in [9.17, 15) is 18.5 Å². The molecule has 0 aliphatic carbocycles. The number of sulfonamides is 1. The van der Waals surface area contributed by atoms with Crippen LogP contribution in [0.1, 0.15) is 5.56 Å². The highest BCUT2D eigenvalue weighted by atomic mass is 32.2. The summed E-state index contributed by atoms with van der Waals surface area (Å²) in [6.07, 6.45) is 0. The molecule has 1 aliphatic rings. The van der Waals surface area contributed by atoms with Gasteiger partial charge in [0.05, 0.1) is 33.4 Å². The van der Waals surface area contributed by atoms with Crippen LogP contribution in [0.2, 0.25) is 0 Å². The van der Waals surface area contributed by atoms with E-state index in [-0.39, 0.29) is 23.7 Å². The van der Waals surface area contributed by atoms with Gasteiger partial charge in [0.1, 0.15) is 5.03 Å². The highest BCUT2D eigenvalue weighted by Crippen LogP contribution is 2.37. The average molecular weight is 446 g/mol. The number of fused-ring (bicyclic) bond motifs is 1. The summed E-state index contributed by atoms with van der Waals surface area (Å²) in [6.45, 7) is 3.03. The predicted octanol–water partition coefficient (Wildman–Crippen LogP) is 3.62. The van der Waals surface area contributed by atoms with Crippen molar-refractivity contribution < 1.29 is 18.1 Å². The maximum absolute atomic E-state index is 12.9. The number of rotatable bonds is 5. The van der Waals surface area contributed by atoms with Crippen LogP contribution in [-0.4, -0.2) is 48.9 Å². The minimum Gasteiger partial charge on any atom is -0.379 e. The maximum atomic E-state index is 12.9. The van der Waals surface area contributed by atoms with Crippen LogP contribution in [0.3, 0.4) is 0 Å². The molecule has 0 bridgehead atoms. The second-order valence-electron chi connectivity index (χ2n) is 6.80. The van der Waals surface area contributed by atoms with Crippen LogP contribution in [0, 0.1) is 17.0 Å². The van der Waals surface area contributed by atoms with Gasteiger partial charge < -0.3 is 4.74 Å². The first-order valence-corrected chi connectivity index (χ1v) is 11.5. The van der Waals surface area contributed by atoms with E-state index in [2.05, 4.69) is 4.98 Å². The van der Waals surface area contributed by atoms with Crippen molar-refractivity contribution in [3.05, 3.63) is 64.2 Å². The van der Waals surface area contributed by atoms with E-state index in [1.807, 2.05) is 37.3 Å². The molecule has 3 aromatic rings. The standard InChI is InChI=1S/C20H19N3O5S2/c1-14-12-20(21-17-5-3-2-4-16(14)17)29-19-7-6-15(13-18(19)23(24)25)30(26,27)22-8-10-28-11-9-22/h2-7,12-13H,8-11H2,1H3. The van der Waals surface area contributed by atoms with Crippen molar-refractivity contribution in [2.24, 2.45) is 0 Å². The maximum Gasteiger partial charge on any atom is 0.284 e. The molecular weight excluding hydrogens is 426 g/mol. The molecule has 2 heterocycles. The number of hydrogen-bond acceptors (Lipinski definition) is 7. The molecule has 1 saturated heterocycles. The Labute approximate surface area is 178 Å². The lowest BCUT2D eigenvalue weighted by molar-refractivity contribution is -0.388. The molecule has 156 valence electrons. The molecule has 4 rings (SSSR count). The molecule has 10 heteroatoms. The Morgan fingerprint density at radius 3 is 2.60 bits per heavy atom. The third kappa shape index (κ3) is 4.04. The summed E-state index contributed by atoms with van der Waals surface area (Å²) >= 11 is 1.15. The van der Waals surface area contributed by atoms with Gasteiger partial charge in [0, 0.05) is 24.5 Å². The number of aryl methyl sites for hydroxylation is 1. The monoisotopic (exact) mass is 445 g/mol. The molecule has 1 fully saturated rings. The molecule has 0 radical (unpaired) electrons. The fourth-order valence-electron chi connectivity index (χ4n) is 3.31. The first-order valence-electron chi connectivity index (χ1n) is 9.27. The van der Waals surface area contributed by atoms with Crippen molar-refractivity contribution in [1.29, 1.82) is 0 Å². The van der Waals surface area contributed by atoms with Crippen LogP contribution in [0.5, 0.6) is 0 Å². The third-order valence-corrected chi connectivity index (χ3v) is 7.73. The zero-order valence-corrected chi connectivity index (χ0v) is 17.8. The summed E-state index contributed by atoms with van der Waals surface area (Å²) in [5.74, 6) is 0. The van der Waals surface area contributed by atoms with Crippen LogP contribution < -0.4 is 0 Å². The number of nitro groups is 1. The quantitative estimate of drug-likeness (QED) is 0.436. The number of aromatic nitrogens is 1. The molecular formula is C20H19N3O5S2. The van der Waals surface area contributed by atoms with E-state index >= 15 is 0 Å². The van der Waals surface area contributed by atoms with Crippen molar-refractivity contribution in [2.45, 2.75) is 21.7 Å². The summed E-state index contributed by atoms with van der Waals surface area (Å²) < 4.78 is 32.2. The van der Waals surface area contributed by atoms with Crippen molar-refractivity contribution in [1.82, 2.24) is 9.29 Å². The number of hydrogen-bond donors (Lipinski definition) is 0. The fourth-order valence-corrected chi connectivity index (χ4v) is 5.71. The van der Waals surface area contributed by atoms with Crippen LogP contribution in [0.4, 0.5) is 5.69 Å². The number of ether oxygens (including phenoxy) is 1. The third-order valence-electron chi connectivity index (χ3n) is 4.85. The summed E-state index contributed by atoms with van der Waals surface area (Å²) in [5, 5.41) is 13.3. The first-order chi connectivity index (χ1) is 14.4. The van der Waals surface area contributed by atoms with Crippen LogP contribution in [0.25, 0.3) is 10.9 Å². The lowest BCUT2D eigenvalue weighted by Gasteiger charge is -2.26. The van der Waals surface area contributed by atoms with Gasteiger partial charge in [-0.3, -0.25) is 10.1 Å². The van der Waals surface area contributed by atoms with Crippen molar-refractivity contribution in [3.8, 4) is 0 Å². The van der Waals surface area contributed by atoms with Crippen LogP contribution in [-0.2, 0) is 14.8 Å². The molecule has 0 unspecified atom stereocenters. The van der Waals surface area contributed by atoms with E-state index in [1.54, 1.807) is 0 Å². The summed E-state index contributed by atoms with van der Waals surface area (Å²) in [4.78, 5) is 15.9. The second-order valence-corrected chi connectivity index (χ2v) is 9.80. The van der Waals surface area contributed by atoms with E-state index in [0.717, 1.165) is 34.3 Å². The molecule has 30 heavy (non-hydrogen) atoms. The van der Waals surface area contributed by atoms with E-state index in [4.69, 9.17) is 4.74 Å². The largest absolute Gasteiger partial charge is 0.379 e. The number of pyridine rings is 1. The zero-order chi connectivity index (χ0) is 21.3. The van der Waals surface area contributed by atoms with Gasteiger partial charge in [-0.15, -0.1) is 0 Å². The zero-order valence-electron chi connectivity index (χ0n) is 16.1. The average Bonchev–Trinajstić information content (AvgIpc) is 2.74. The normalized spacial score (nSPS) is 15.4. The molecule has 0 saturated carbocycles. The number of nitro benzene ring substituents is 1. The Balaban J connectivity index is 1.70. The lowest BCUT2D eigenvalue weighted by atomic mass is 10.1. The molecule has 0 amide bonds. The predicted molar refractivity (Wildman–Crippen MR) is 113 cm³/mol. The molecule has 0 atom stereocenters. The topological polar surface area (TPSA) is 103 Å². The van der Waals surface area contributed by atoms with E-state index < -0.39 is 14.9 Å². The van der Waals surface area contributed by atoms with E-state index in [0.29, 0.717) is 23.1 Å². The van der Waals surface area contributed by atoms with Gasteiger partial charge in [-0.2, -0.15) is 4.31 Å². The van der Waals surface area contributed by atoms with Crippen LogP contribution in [0.15, 0.2) is 63.3 Å². The molecule has 0 spiro atoms. The minimum absolute atomic E-state index is 0.0944. The minimum atomic E-state index is -3.82. The molecule has 2 aromatic carbocycles. The van der Waals surface area contributed by atoms with Gasteiger partial charge in [0.15, 0.2) is 0 Å². The second kappa shape index (κ2) is 8.31. The van der Waals surface area contributed by atoms with Gasteiger partial charge in [-0.25, -0.2) is 13.4 Å². The smallest absolute Gasteiger partial charge is 0.284 e. The highest BCUT2D eigenvalue weighted by molar-refractivity contribution is 7.99. The number of morpholine rings is 1. The van der Waals surface area contributed by atoms with Crippen molar-refractivity contribution in [2.75, 3.05) is 26.3 Å². The van der Waals surface area contributed by atoms with Crippen molar-refractivity contribution in [3.63, 3.8) is 0 Å². The number of benzene rings is 2. The summed E-state index contributed by atoms with van der Waals surface area (Å²) in [5.41, 5.74) is 1.55. The van der Waals surface area contributed by atoms with Crippen molar-refractivity contribution >= 4 is 38.4 Å². The first kappa shape index (κ1) is 20.7. The van der Waals surface area contributed by atoms with Gasteiger partial charge in [0.2, 0.25) is 10.0 Å². The lowest BCUT2D eigenvalue weighted by Crippen LogP contribution is -2.40.